The molecule has 2 aromatic carbocycles. The molecule has 0 spiro atoms. The SMILES string of the molecule is O=C(CNN1C(=O)C(=Cc2cc(-c3cc(C(F)(F)F)cc(C(F)(F)F)c3)cs2)SC1=S)Nc1ccc(N2CCOCC2)c(C(=O)O)c1. The topological polar surface area (TPSA) is 111 Å². The summed E-state index contributed by atoms with van der Waals surface area (Å²) in [6.07, 6.45) is -8.61. The molecule has 248 valence electrons. The van der Waals surface area contributed by atoms with E-state index in [0.29, 0.717) is 49.0 Å². The molecule has 3 N–H and O–H groups in total. The van der Waals surface area contributed by atoms with E-state index in [2.05, 4.69) is 10.7 Å². The van der Waals surface area contributed by atoms with Crippen molar-refractivity contribution in [2.24, 2.45) is 0 Å². The van der Waals surface area contributed by atoms with Gasteiger partial charge in [0.25, 0.3) is 5.91 Å². The number of carboxylic acids is 1. The number of thiophene rings is 1. The van der Waals surface area contributed by atoms with Gasteiger partial charge in [-0.05, 0) is 65.0 Å². The van der Waals surface area contributed by atoms with Crippen LogP contribution in [0.5, 0.6) is 0 Å². The lowest BCUT2D eigenvalue weighted by Gasteiger charge is -2.30. The standard InChI is InChI=1S/C29H22F6N4O5S3/c30-28(31,32)17-7-15(8-18(10-17)29(33,34)35)16-9-20(46-14-16)12-23-25(41)39(27(45)47-23)36-13-24(40)37-19-1-2-22(21(11-19)26(42)43)38-3-5-44-6-4-38/h1-2,7-12,14,36H,3-6,13H2,(H,37,40)(H,42,43). The summed E-state index contributed by atoms with van der Waals surface area (Å²) in [4.78, 5) is 39.9. The predicted octanol–water partition coefficient (Wildman–Crippen LogP) is 6.33. The van der Waals surface area contributed by atoms with Gasteiger partial charge in [0.1, 0.15) is 0 Å². The highest BCUT2D eigenvalue weighted by Crippen LogP contribution is 2.40. The molecule has 2 amide bonds. The number of hydrazine groups is 1. The van der Waals surface area contributed by atoms with Crippen LogP contribution in [0.15, 0.2) is 52.7 Å². The number of hydrogen-bond acceptors (Lipinski definition) is 9. The first-order chi connectivity index (χ1) is 22.1. The molecule has 9 nitrogen and oxygen atoms in total. The highest BCUT2D eigenvalue weighted by atomic mass is 32.2. The van der Waals surface area contributed by atoms with E-state index in [4.69, 9.17) is 17.0 Å². The molecule has 0 bridgehead atoms. The molecule has 0 saturated carbocycles. The Balaban J connectivity index is 1.24. The van der Waals surface area contributed by atoms with Crippen LogP contribution in [0.3, 0.4) is 0 Å². The number of alkyl halides is 6. The molecular formula is C29H22F6N4O5S3. The Morgan fingerprint density at radius 3 is 2.26 bits per heavy atom. The van der Waals surface area contributed by atoms with E-state index in [1.807, 2.05) is 4.90 Å². The van der Waals surface area contributed by atoms with Gasteiger partial charge in [0.2, 0.25) is 5.91 Å². The minimum Gasteiger partial charge on any atom is -0.478 e. The van der Waals surface area contributed by atoms with Gasteiger partial charge in [-0.1, -0.05) is 24.0 Å². The smallest absolute Gasteiger partial charge is 0.416 e. The molecule has 2 aliphatic heterocycles. The number of aromatic carboxylic acids is 1. The zero-order chi connectivity index (χ0) is 34.1. The van der Waals surface area contributed by atoms with Gasteiger partial charge in [-0.25, -0.2) is 15.2 Å². The van der Waals surface area contributed by atoms with Gasteiger partial charge >= 0.3 is 18.3 Å². The third kappa shape index (κ3) is 8.13. The summed E-state index contributed by atoms with van der Waals surface area (Å²) in [5, 5.41) is 14.6. The van der Waals surface area contributed by atoms with Gasteiger partial charge in [0, 0.05) is 23.7 Å². The number of rotatable bonds is 8. The molecule has 2 aliphatic rings. The van der Waals surface area contributed by atoms with Crippen molar-refractivity contribution in [2.75, 3.05) is 43.1 Å². The normalized spacial score (nSPS) is 16.7. The highest BCUT2D eigenvalue weighted by Gasteiger charge is 2.37. The largest absolute Gasteiger partial charge is 0.478 e. The van der Waals surface area contributed by atoms with Crippen LogP contribution in [-0.2, 0) is 26.7 Å². The zero-order valence-electron chi connectivity index (χ0n) is 23.7. The number of thioether (sulfide) groups is 1. The first kappa shape index (κ1) is 34.4. The third-order valence-electron chi connectivity index (χ3n) is 6.87. The van der Waals surface area contributed by atoms with Crippen LogP contribution < -0.4 is 15.6 Å². The number of ether oxygens (including phenoxy) is 1. The summed E-state index contributed by atoms with van der Waals surface area (Å²) in [5.74, 6) is -2.42. The average molecular weight is 717 g/mol. The summed E-state index contributed by atoms with van der Waals surface area (Å²) in [6.45, 7) is 1.51. The maximum atomic E-state index is 13.3. The van der Waals surface area contributed by atoms with E-state index < -0.39 is 47.8 Å². The maximum Gasteiger partial charge on any atom is 0.416 e. The van der Waals surface area contributed by atoms with Crippen molar-refractivity contribution in [3.05, 3.63) is 74.3 Å². The van der Waals surface area contributed by atoms with Crippen LogP contribution in [0.4, 0.5) is 37.7 Å². The predicted molar refractivity (Wildman–Crippen MR) is 168 cm³/mol. The second-order valence-electron chi connectivity index (χ2n) is 10.1. The molecule has 0 unspecified atom stereocenters. The van der Waals surface area contributed by atoms with Gasteiger partial charge in [-0.3, -0.25) is 9.59 Å². The maximum absolute atomic E-state index is 13.3. The van der Waals surface area contributed by atoms with E-state index in [1.165, 1.54) is 23.6 Å². The Hall–Kier alpha value is -3.97. The molecule has 3 aromatic rings. The molecule has 2 saturated heterocycles. The zero-order valence-corrected chi connectivity index (χ0v) is 26.1. The van der Waals surface area contributed by atoms with E-state index in [1.54, 1.807) is 12.1 Å². The Kier molecular flexibility index (Phi) is 9.97. The van der Waals surface area contributed by atoms with Gasteiger partial charge < -0.3 is 20.1 Å². The molecule has 18 heteroatoms. The average Bonchev–Trinajstić information content (AvgIpc) is 3.58. The summed E-state index contributed by atoms with van der Waals surface area (Å²) < 4.78 is 85.2. The third-order valence-corrected chi connectivity index (χ3v) is 9.05. The number of morpholine rings is 1. The lowest BCUT2D eigenvalue weighted by atomic mass is 10.0. The van der Waals surface area contributed by atoms with E-state index >= 15 is 0 Å². The summed E-state index contributed by atoms with van der Waals surface area (Å²) in [6, 6.07) is 7.10. The quantitative estimate of drug-likeness (QED) is 0.140. The Morgan fingerprint density at radius 1 is 0.979 bits per heavy atom. The number of hydrogen-bond donors (Lipinski definition) is 3. The summed E-state index contributed by atoms with van der Waals surface area (Å²) in [5.41, 5.74) is 0.204. The minimum absolute atomic E-state index is 0.00896. The number of anilines is 2. The van der Waals surface area contributed by atoms with Crippen LogP contribution in [-0.4, -0.2) is 65.1 Å². The second kappa shape index (κ2) is 13.6. The molecule has 5 rings (SSSR count). The fourth-order valence-electron chi connectivity index (χ4n) is 4.66. The minimum atomic E-state index is -5.00. The Bertz CT molecular complexity index is 1740. The highest BCUT2D eigenvalue weighted by molar-refractivity contribution is 8.26. The number of benzene rings is 2. The Morgan fingerprint density at radius 2 is 1.64 bits per heavy atom. The molecule has 0 aliphatic carbocycles. The van der Waals surface area contributed by atoms with Crippen LogP contribution in [0, 0.1) is 0 Å². The van der Waals surface area contributed by atoms with Crippen LogP contribution in [0.25, 0.3) is 17.2 Å². The molecule has 47 heavy (non-hydrogen) atoms. The fraction of sp³-hybridized carbons (Fsp3) is 0.241. The van der Waals surface area contributed by atoms with Gasteiger partial charge in [-0.2, -0.15) is 26.3 Å². The van der Waals surface area contributed by atoms with Crippen LogP contribution >= 0.6 is 35.3 Å². The van der Waals surface area contributed by atoms with Crippen molar-refractivity contribution >= 4 is 74.9 Å². The van der Waals surface area contributed by atoms with Crippen LogP contribution in [0.2, 0.25) is 0 Å². The number of amides is 2. The fourth-order valence-corrected chi connectivity index (χ4v) is 6.79. The molecule has 0 radical (unpaired) electrons. The van der Waals surface area contributed by atoms with Crippen molar-refractivity contribution in [3.8, 4) is 11.1 Å². The van der Waals surface area contributed by atoms with Crippen LogP contribution in [0.1, 0.15) is 26.4 Å². The van der Waals surface area contributed by atoms with E-state index in [-0.39, 0.29) is 37.7 Å². The van der Waals surface area contributed by atoms with E-state index in [0.717, 1.165) is 28.1 Å². The molecule has 0 atom stereocenters. The molecular weight excluding hydrogens is 695 g/mol. The van der Waals surface area contributed by atoms with Crippen molar-refractivity contribution in [1.29, 1.82) is 0 Å². The second-order valence-corrected chi connectivity index (χ2v) is 12.7. The monoisotopic (exact) mass is 716 g/mol. The van der Waals surface area contributed by atoms with Gasteiger partial charge in [0.05, 0.1) is 47.0 Å². The molecule has 2 fully saturated rings. The number of carbonyl (C=O) groups excluding carboxylic acids is 2. The van der Waals surface area contributed by atoms with Crippen molar-refractivity contribution in [3.63, 3.8) is 0 Å². The Labute approximate surface area is 276 Å². The number of nitrogens with zero attached hydrogens (tertiary/aromatic N) is 2. The number of carbonyl (C=O) groups is 3. The van der Waals surface area contributed by atoms with Gasteiger partial charge in [0.15, 0.2) is 4.32 Å². The van der Waals surface area contributed by atoms with E-state index in [9.17, 15) is 45.8 Å². The number of thiocarbonyl (C=S) groups is 1. The lowest BCUT2D eigenvalue weighted by Crippen LogP contribution is -2.45. The molecule has 1 aromatic heterocycles. The lowest BCUT2D eigenvalue weighted by molar-refractivity contribution is -0.143. The van der Waals surface area contributed by atoms with Crippen molar-refractivity contribution in [2.45, 2.75) is 12.4 Å². The number of carboxylic acid groups (broad SMARTS) is 1. The molecule has 3 heterocycles. The van der Waals surface area contributed by atoms with Gasteiger partial charge in [-0.15, -0.1) is 11.3 Å². The summed E-state index contributed by atoms with van der Waals surface area (Å²) in [7, 11) is 0. The first-order valence-corrected chi connectivity index (χ1v) is 15.6. The summed E-state index contributed by atoms with van der Waals surface area (Å²) >= 11 is 7.11. The van der Waals surface area contributed by atoms with Crippen molar-refractivity contribution < 1.29 is 50.6 Å². The number of halogens is 6. The number of nitrogens with one attached hydrogen (secondary N) is 2. The first-order valence-electron chi connectivity index (χ1n) is 13.5. The van der Waals surface area contributed by atoms with Crippen molar-refractivity contribution in [1.82, 2.24) is 10.4 Å².